The highest BCUT2D eigenvalue weighted by Gasteiger charge is 2.26. The lowest BCUT2D eigenvalue weighted by molar-refractivity contribution is 0.626. The molecule has 2 aromatic heterocycles. The van der Waals surface area contributed by atoms with E-state index in [9.17, 15) is 9.18 Å². The Labute approximate surface area is 156 Å². The summed E-state index contributed by atoms with van der Waals surface area (Å²) in [6.07, 6.45) is 4.19. The van der Waals surface area contributed by atoms with Crippen LogP contribution in [0.3, 0.4) is 0 Å². The first-order chi connectivity index (χ1) is 13.1. The standard InChI is InChI=1S/C20H20FN5O/c1-25-19(27)12-18(14-6-9-22-10-7-14)24-20(25)26-11-8-15(13-26)23-17-5-3-2-4-16(17)21/h2-7,9-10,12,15,23H,8,11,13H2,1H3/t15-/m0/s1. The molecule has 1 saturated heterocycles. The van der Waals surface area contributed by atoms with E-state index in [-0.39, 0.29) is 17.4 Å². The summed E-state index contributed by atoms with van der Waals surface area (Å²) >= 11 is 0. The highest BCUT2D eigenvalue weighted by molar-refractivity contribution is 5.59. The predicted octanol–water partition coefficient (Wildman–Crippen LogP) is 2.67. The van der Waals surface area contributed by atoms with Crippen LogP contribution < -0.4 is 15.8 Å². The van der Waals surface area contributed by atoms with Crippen molar-refractivity contribution in [3.63, 3.8) is 0 Å². The van der Waals surface area contributed by atoms with Gasteiger partial charge in [0.05, 0.1) is 11.4 Å². The second-order valence-corrected chi connectivity index (χ2v) is 6.63. The molecule has 1 aliphatic rings. The van der Waals surface area contributed by atoms with Gasteiger partial charge < -0.3 is 10.2 Å². The topological polar surface area (TPSA) is 63.1 Å². The average molecular weight is 365 g/mol. The summed E-state index contributed by atoms with van der Waals surface area (Å²) in [7, 11) is 1.72. The van der Waals surface area contributed by atoms with Crippen molar-refractivity contribution >= 4 is 11.6 Å². The zero-order valence-electron chi connectivity index (χ0n) is 15.0. The van der Waals surface area contributed by atoms with Crippen LogP contribution in [0.2, 0.25) is 0 Å². The van der Waals surface area contributed by atoms with Crippen molar-refractivity contribution < 1.29 is 4.39 Å². The molecule has 3 heterocycles. The van der Waals surface area contributed by atoms with Gasteiger partial charge in [-0.25, -0.2) is 9.37 Å². The molecule has 1 atom stereocenters. The summed E-state index contributed by atoms with van der Waals surface area (Å²) in [5, 5.41) is 3.25. The van der Waals surface area contributed by atoms with Gasteiger partial charge in [0.15, 0.2) is 0 Å². The number of rotatable bonds is 4. The molecular formula is C20H20FN5O. The van der Waals surface area contributed by atoms with Crippen LogP contribution in [0.5, 0.6) is 0 Å². The molecule has 7 heteroatoms. The molecule has 1 N–H and O–H groups in total. The molecule has 27 heavy (non-hydrogen) atoms. The maximum Gasteiger partial charge on any atom is 0.255 e. The number of para-hydroxylation sites is 1. The van der Waals surface area contributed by atoms with Crippen molar-refractivity contribution in [3.05, 3.63) is 71.0 Å². The highest BCUT2D eigenvalue weighted by atomic mass is 19.1. The minimum atomic E-state index is -0.263. The minimum Gasteiger partial charge on any atom is -0.378 e. The Morgan fingerprint density at radius 3 is 2.74 bits per heavy atom. The first-order valence-corrected chi connectivity index (χ1v) is 8.86. The van der Waals surface area contributed by atoms with Crippen molar-refractivity contribution in [2.45, 2.75) is 12.5 Å². The summed E-state index contributed by atoms with van der Waals surface area (Å²) in [4.78, 5) is 23.2. The molecule has 0 radical (unpaired) electrons. The van der Waals surface area contributed by atoms with E-state index in [2.05, 4.69) is 15.2 Å². The van der Waals surface area contributed by atoms with Crippen LogP contribution in [0, 0.1) is 5.82 Å². The minimum absolute atomic E-state index is 0.0865. The van der Waals surface area contributed by atoms with Crippen molar-refractivity contribution in [2.75, 3.05) is 23.3 Å². The number of anilines is 2. The van der Waals surface area contributed by atoms with Crippen molar-refractivity contribution in [1.82, 2.24) is 14.5 Å². The Bertz CT molecular complexity index is 1000. The number of benzene rings is 1. The molecule has 0 unspecified atom stereocenters. The van der Waals surface area contributed by atoms with E-state index in [0.29, 0.717) is 23.9 Å². The van der Waals surface area contributed by atoms with E-state index < -0.39 is 0 Å². The fourth-order valence-electron chi connectivity index (χ4n) is 3.34. The van der Waals surface area contributed by atoms with E-state index in [0.717, 1.165) is 18.5 Å². The second kappa shape index (κ2) is 7.19. The third kappa shape index (κ3) is 3.53. The zero-order chi connectivity index (χ0) is 18.8. The third-order valence-corrected chi connectivity index (χ3v) is 4.79. The number of nitrogens with zero attached hydrogens (tertiary/aromatic N) is 4. The highest BCUT2D eigenvalue weighted by Crippen LogP contribution is 2.23. The molecule has 3 aromatic rings. The molecule has 138 valence electrons. The van der Waals surface area contributed by atoms with Crippen molar-refractivity contribution in [1.29, 1.82) is 0 Å². The molecule has 1 aliphatic heterocycles. The summed E-state index contributed by atoms with van der Waals surface area (Å²) in [6, 6.07) is 11.9. The average Bonchev–Trinajstić information content (AvgIpc) is 3.15. The number of halogens is 1. The molecule has 0 bridgehead atoms. The Morgan fingerprint density at radius 1 is 1.19 bits per heavy atom. The van der Waals surface area contributed by atoms with E-state index in [1.54, 1.807) is 36.1 Å². The maximum absolute atomic E-state index is 13.9. The van der Waals surface area contributed by atoms with Gasteiger partial charge in [-0.2, -0.15) is 0 Å². The Kier molecular flexibility index (Phi) is 4.58. The molecule has 0 spiro atoms. The Balaban J connectivity index is 1.58. The lowest BCUT2D eigenvalue weighted by Gasteiger charge is -2.21. The van der Waals surface area contributed by atoms with Gasteiger partial charge in [-0.05, 0) is 30.7 Å². The van der Waals surface area contributed by atoms with E-state index in [1.165, 1.54) is 12.1 Å². The molecule has 0 saturated carbocycles. The van der Waals surface area contributed by atoms with E-state index in [1.807, 2.05) is 18.2 Å². The lowest BCUT2D eigenvalue weighted by Crippen LogP contribution is -2.32. The molecule has 1 fully saturated rings. The van der Waals surface area contributed by atoms with Gasteiger partial charge in [0.25, 0.3) is 5.56 Å². The molecule has 0 amide bonds. The van der Waals surface area contributed by atoms with Crippen molar-refractivity contribution in [3.8, 4) is 11.3 Å². The largest absolute Gasteiger partial charge is 0.378 e. The van der Waals surface area contributed by atoms with Crippen LogP contribution in [-0.4, -0.2) is 33.7 Å². The van der Waals surface area contributed by atoms with Gasteiger partial charge in [0.1, 0.15) is 5.82 Å². The third-order valence-electron chi connectivity index (χ3n) is 4.79. The molecular weight excluding hydrogens is 345 g/mol. The number of aromatic nitrogens is 3. The van der Waals surface area contributed by atoms with Crippen LogP contribution in [0.4, 0.5) is 16.0 Å². The first-order valence-electron chi connectivity index (χ1n) is 8.86. The fraction of sp³-hybridized carbons (Fsp3) is 0.250. The zero-order valence-corrected chi connectivity index (χ0v) is 15.0. The van der Waals surface area contributed by atoms with Gasteiger partial charge in [-0.15, -0.1) is 0 Å². The van der Waals surface area contributed by atoms with Crippen LogP contribution in [0.15, 0.2) is 59.7 Å². The molecule has 1 aromatic carbocycles. The number of hydrogen-bond donors (Lipinski definition) is 1. The number of pyridine rings is 1. The summed E-state index contributed by atoms with van der Waals surface area (Å²) in [5.74, 6) is 0.355. The number of hydrogen-bond acceptors (Lipinski definition) is 5. The van der Waals surface area contributed by atoms with E-state index >= 15 is 0 Å². The molecule has 4 rings (SSSR count). The van der Waals surface area contributed by atoms with Gasteiger partial charge in [0, 0.05) is 50.2 Å². The summed E-state index contributed by atoms with van der Waals surface area (Å²) in [6.45, 7) is 1.39. The van der Waals surface area contributed by atoms with E-state index in [4.69, 9.17) is 4.98 Å². The van der Waals surface area contributed by atoms with Crippen LogP contribution in [0.25, 0.3) is 11.3 Å². The van der Waals surface area contributed by atoms with Crippen LogP contribution >= 0.6 is 0 Å². The molecule has 6 nitrogen and oxygen atoms in total. The first kappa shape index (κ1) is 17.2. The predicted molar refractivity (Wildman–Crippen MR) is 103 cm³/mol. The normalized spacial score (nSPS) is 16.5. The Hall–Kier alpha value is -3.22. The quantitative estimate of drug-likeness (QED) is 0.770. The monoisotopic (exact) mass is 365 g/mol. The lowest BCUT2D eigenvalue weighted by atomic mass is 10.2. The van der Waals surface area contributed by atoms with Gasteiger partial charge in [-0.1, -0.05) is 12.1 Å². The Morgan fingerprint density at radius 2 is 1.96 bits per heavy atom. The van der Waals surface area contributed by atoms with Gasteiger partial charge in [-0.3, -0.25) is 14.3 Å². The van der Waals surface area contributed by atoms with Gasteiger partial charge >= 0.3 is 0 Å². The van der Waals surface area contributed by atoms with Crippen LogP contribution in [-0.2, 0) is 7.05 Å². The smallest absolute Gasteiger partial charge is 0.255 e. The molecule has 0 aliphatic carbocycles. The van der Waals surface area contributed by atoms with Gasteiger partial charge in [0.2, 0.25) is 5.95 Å². The summed E-state index contributed by atoms with van der Waals surface area (Å²) in [5.41, 5.74) is 1.86. The van der Waals surface area contributed by atoms with Crippen LogP contribution in [0.1, 0.15) is 6.42 Å². The second-order valence-electron chi connectivity index (χ2n) is 6.63. The van der Waals surface area contributed by atoms with Crippen molar-refractivity contribution in [2.24, 2.45) is 7.05 Å². The maximum atomic E-state index is 13.9. The number of nitrogens with one attached hydrogen (secondary N) is 1. The SMILES string of the molecule is Cn1c(N2CC[C@H](Nc3ccccc3F)C2)nc(-c2ccncc2)cc1=O. The fourth-order valence-corrected chi connectivity index (χ4v) is 3.34. The summed E-state index contributed by atoms with van der Waals surface area (Å²) < 4.78 is 15.4.